The van der Waals surface area contributed by atoms with Crippen molar-refractivity contribution in [1.82, 2.24) is 5.32 Å². The Morgan fingerprint density at radius 2 is 1.94 bits per heavy atom. The number of carbonyl (C=O) groups is 1. The van der Waals surface area contributed by atoms with E-state index in [-0.39, 0.29) is 23.6 Å². The largest absolute Gasteiger partial charge is 0.349 e. The minimum Gasteiger partial charge on any atom is -0.349 e. The fourth-order valence-corrected chi connectivity index (χ4v) is 1.41. The monoisotopic (exact) mass is 257 g/mol. The van der Waals surface area contributed by atoms with Crippen LogP contribution >= 0.6 is 11.6 Å². The van der Waals surface area contributed by atoms with Gasteiger partial charge in [-0.15, -0.1) is 11.6 Å². The van der Waals surface area contributed by atoms with Crippen LogP contribution in [0.1, 0.15) is 32.4 Å². The first-order chi connectivity index (χ1) is 7.86. The van der Waals surface area contributed by atoms with Crippen LogP contribution in [-0.2, 0) is 4.79 Å². The van der Waals surface area contributed by atoms with Gasteiger partial charge in [-0.3, -0.25) is 4.79 Å². The van der Waals surface area contributed by atoms with Crippen molar-refractivity contribution in [2.45, 2.75) is 26.8 Å². The summed E-state index contributed by atoms with van der Waals surface area (Å²) in [7, 11) is 0. The van der Waals surface area contributed by atoms with Crippen LogP contribution < -0.4 is 5.32 Å². The second-order valence-corrected chi connectivity index (χ2v) is 5.03. The number of carbonyl (C=O) groups excluding carboxylic acids is 1. The molecule has 0 radical (unpaired) electrons. The molecule has 1 aromatic rings. The molecule has 1 atom stereocenters. The third-order valence-electron chi connectivity index (χ3n) is 2.67. The maximum Gasteiger partial charge on any atom is 0.227 e. The molecule has 1 unspecified atom stereocenters. The number of benzene rings is 1. The van der Waals surface area contributed by atoms with Crippen LogP contribution in [0.4, 0.5) is 4.39 Å². The van der Waals surface area contributed by atoms with E-state index in [2.05, 4.69) is 5.32 Å². The Morgan fingerprint density at radius 1 is 1.41 bits per heavy atom. The third-order valence-corrected chi connectivity index (χ3v) is 3.33. The van der Waals surface area contributed by atoms with Gasteiger partial charge in [-0.05, 0) is 38.5 Å². The van der Waals surface area contributed by atoms with Gasteiger partial charge in [0.2, 0.25) is 5.91 Å². The molecule has 17 heavy (non-hydrogen) atoms. The molecule has 4 heteroatoms. The van der Waals surface area contributed by atoms with Gasteiger partial charge in [-0.25, -0.2) is 4.39 Å². The Labute approximate surface area is 106 Å². The molecule has 0 aliphatic heterocycles. The summed E-state index contributed by atoms with van der Waals surface area (Å²) in [6, 6.07) is 5.92. The quantitative estimate of drug-likeness (QED) is 0.824. The van der Waals surface area contributed by atoms with Crippen molar-refractivity contribution in [2.24, 2.45) is 5.41 Å². The number of rotatable bonds is 4. The van der Waals surface area contributed by atoms with Gasteiger partial charge < -0.3 is 5.32 Å². The predicted octanol–water partition coefficient (Wildman–Crippen LogP) is 3.27. The number of hydrogen-bond donors (Lipinski definition) is 1. The van der Waals surface area contributed by atoms with Crippen LogP contribution in [0, 0.1) is 11.2 Å². The Bertz CT molecular complexity index is 389. The van der Waals surface area contributed by atoms with Crippen LogP contribution in [0.3, 0.4) is 0 Å². The van der Waals surface area contributed by atoms with Crippen molar-refractivity contribution in [1.29, 1.82) is 0 Å². The van der Waals surface area contributed by atoms with E-state index in [1.54, 1.807) is 26.0 Å². The summed E-state index contributed by atoms with van der Waals surface area (Å²) in [6.45, 7) is 5.43. The number of hydrogen-bond acceptors (Lipinski definition) is 1. The van der Waals surface area contributed by atoms with E-state index in [1.807, 2.05) is 6.92 Å². The molecule has 0 spiro atoms. The Balaban J connectivity index is 2.70. The molecule has 1 N–H and O–H groups in total. The van der Waals surface area contributed by atoms with Crippen molar-refractivity contribution in [2.75, 3.05) is 5.88 Å². The first-order valence-electron chi connectivity index (χ1n) is 5.49. The first-order valence-corrected chi connectivity index (χ1v) is 6.02. The zero-order valence-electron chi connectivity index (χ0n) is 10.3. The molecule has 0 aliphatic carbocycles. The van der Waals surface area contributed by atoms with Crippen molar-refractivity contribution in [3.63, 3.8) is 0 Å². The number of alkyl halides is 1. The minimum absolute atomic E-state index is 0.107. The summed E-state index contributed by atoms with van der Waals surface area (Å²) < 4.78 is 12.8. The lowest BCUT2D eigenvalue weighted by atomic mass is 9.94. The van der Waals surface area contributed by atoms with E-state index in [9.17, 15) is 9.18 Å². The van der Waals surface area contributed by atoms with Gasteiger partial charge in [-0.1, -0.05) is 12.1 Å². The van der Waals surface area contributed by atoms with Gasteiger partial charge in [0.1, 0.15) is 5.82 Å². The summed E-state index contributed by atoms with van der Waals surface area (Å²) in [5.74, 6) is -0.132. The van der Waals surface area contributed by atoms with Crippen LogP contribution in [0.25, 0.3) is 0 Å². The normalized spacial score (nSPS) is 13.2. The first kappa shape index (κ1) is 14.0. The molecule has 0 saturated carbocycles. The molecule has 94 valence electrons. The summed E-state index contributed by atoms with van der Waals surface area (Å²) in [6.07, 6.45) is 0. The Morgan fingerprint density at radius 3 is 2.41 bits per heavy atom. The SMILES string of the molecule is CC(NC(=O)C(C)(C)CCl)c1ccc(F)cc1. The van der Waals surface area contributed by atoms with Gasteiger partial charge in [-0.2, -0.15) is 0 Å². The molecular weight excluding hydrogens is 241 g/mol. The molecule has 0 bridgehead atoms. The zero-order chi connectivity index (χ0) is 13.1. The van der Waals surface area contributed by atoms with E-state index in [0.29, 0.717) is 0 Å². The second-order valence-electron chi connectivity index (χ2n) is 4.76. The average Bonchev–Trinajstić information content (AvgIpc) is 2.29. The highest BCUT2D eigenvalue weighted by Crippen LogP contribution is 2.20. The summed E-state index contributed by atoms with van der Waals surface area (Å²) in [5, 5.41) is 2.86. The standard InChI is InChI=1S/C13H17ClFNO/c1-9(10-4-6-11(15)7-5-10)16-12(17)13(2,3)8-14/h4-7,9H,8H2,1-3H3,(H,16,17). The lowest BCUT2D eigenvalue weighted by Gasteiger charge is -2.23. The maximum absolute atomic E-state index is 12.8. The summed E-state index contributed by atoms with van der Waals surface area (Å²) >= 11 is 5.73. The fraction of sp³-hybridized carbons (Fsp3) is 0.462. The van der Waals surface area contributed by atoms with Crippen LogP contribution in [-0.4, -0.2) is 11.8 Å². The summed E-state index contributed by atoms with van der Waals surface area (Å²) in [5.41, 5.74) is 0.265. The molecule has 1 amide bonds. The highest BCUT2D eigenvalue weighted by atomic mass is 35.5. The van der Waals surface area contributed by atoms with Crippen LogP contribution in [0.2, 0.25) is 0 Å². The molecule has 0 fully saturated rings. The molecule has 1 aromatic carbocycles. The van der Waals surface area contributed by atoms with E-state index in [4.69, 9.17) is 11.6 Å². The lowest BCUT2D eigenvalue weighted by Crippen LogP contribution is -2.39. The van der Waals surface area contributed by atoms with Crippen molar-refractivity contribution in [3.8, 4) is 0 Å². The number of halogens is 2. The van der Waals surface area contributed by atoms with Gasteiger partial charge in [0, 0.05) is 5.88 Å². The molecule has 0 aliphatic rings. The van der Waals surface area contributed by atoms with Gasteiger partial charge in [0.15, 0.2) is 0 Å². The third kappa shape index (κ3) is 3.70. The van der Waals surface area contributed by atoms with Gasteiger partial charge in [0.25, 0.3) is 0 Å². The topological polar surface area (TPSA) is 29.1 Å². The number of amides is 1. The molecule has 0 saturated heterocycles. The Hall–Kier alpha value is -1.09. The van der Waals surface area contributed by atoms with E-state index < -0.39 is 5.41 Å². The van der Waals surface area contributed by atoms with Crippen LogP contribution in [0.15, 0.2) is 24.3 Å². The molecule has 2 nitrogen and oxygen atoms in total. The van der Waals surface area contributed by atoms with Gasteiger partial charge in [0.05, 0.1) is 11.5 Å². The predicted molar refractivity (Wildman–Crippen MR) is 67.5 cm³/mol. The van der Waals surface area contributed by atoms with Crippen molar-refractivity contribution >= 4 is 17.5 Å². The highest BCUT2D eigenvalue weighted by Gasteiger charge is 2.27. The lowest BCUT2D eigenvalue weighted by molar-refractivity contribution is -0.129. The molecular formula is C13H17ClFNO. The molecule has 1 rings (SSSR count). The molecule has 0 heterocycles. The highest BCUT2D eigenvalue weighted by molar-refractivity contribution is 6.19. The summed E-state index contributed by atoms with van der Waals surface area (Å²) in [4.78, 5) is 11.9. The maximum atomic E-state index is 12.8. The Kier molecular flexibility index (Phi) is 4.52. The molecule has 0 aromatic heterocycles. The average molecular weight is 258 g/mol. The van der Waals surface area contributed by atoms with Crippen LogP contribution in [0.5, 0.6) is 0 Å². The fourth-order valence-electron chi connectivity index (χ4n) is 1.29. The zero-order valence-corrected chi connectivity index (χ0v) is 11.0. The van der Waals surface area contributed by atoms with E-state index in [0.717, 1.165) is 5.56 Å². The van der Waals surface area contributed by atoms with E-state index in [1.165, 1.54) is 12.1 Å². The second kappa shape index (κ2) is 5.50. The van der Waals surface area contributed by atoms with Crippen molar-refractivity contribution < 1.29 is 9.18 Å². The van der Waals surface area contributed by atoms with E-state index >= 15 is 0 Å². The smallest absolute Gasteiger partial charge is 0.227 e. The van der Waals surface area contributed by atoms with Crippen molar-refractivity contribution in [3.05, 3.63) is 35.6 Å². The van der Waals surface area contributed by atoms with Gasteiger partial charge >= 0.3 is 0 Å². The number of nitrogens with one attached hydrogen (secondary N) is 1. The minimum atomic E-state index is -0.601.